The molecule has 2 heterocycles. The van der Waals surface area contributed by atoms with Gasteiger partial charge in [0, 0.05) is 11.9 Å². The molecule has 0 aliphatic rings. The Kier molecular flexibility index (Phi) is 4.07. The molecule has 5 heteroatoms. The highest BCUT2D eigenvalue weighted by molar-refractivity contribution is 5.88. The van der Waals surface area contributed by atoms with Crippen molar-refractivity contribution >= 4 is 11.8 Å². The van der Waals surface area contributed by atoms with Gasteiger partial charge in [0.2, 0.25) is 0 Å². The predicted molar refractivity (Wildman–Crippen MR) is 72.1 cm³/mol. The van der Waals surface area contributed by atoms with Crippen molar-refractivity contribution in [2.45, 2.75) is 19.9 Å². The molecule has 5 nitrogen and oxygen atoms in total. The molecule has 0 bridgehead atoms. The van der Waals surface area contributed by atoms with Crippen LogP contribution in [0.3, 0.4) is 0 Å². The maximum absolute atomic E-state index is 11.0. The molecule has 2 aromatic heterocycles. The van der Waals surface area contributed by atoms with Gasteiger partial charge in [0.05, 0.1) is 17.8 Å². The number of rotatable bonds is 5. The molecule has 0 aliphatic heterocycles. The van der Waals surface area contributed by atoms with Crippen molar-refractivity contribution in [2.75, 3.05) is 5.32 Å². The van der Waals surface area contributed by atoms with Crippen LogP contribution in [0.5, 0.6) is 0 Å². The molecule has 0 unspecified atom stereocenters. The number of hydrogen-bond donors (Lipinski definition) is 2. The summed E-state index contributed by atoms with van der Waals surface area (Å²) in [6.07, 6.45) is 2.41. The Labute approximate surface area is 111 Å². The van der Waals surface area contributed by atoms with Gasteiger partial charge in [0.25, 0.3) is 0 Å². The number of aryl methyl sites for hydroxylation is 1. The van der Waals surface area contributed by atoms with Gasteiger partial charge in [-0.05, 0) is 30.7 Å². The zero-order chi connectivity index (χ0) is 13.7. The van der Waals surface area contributed by atoms with Crippen LogP contribution in [0, 0.1) is 0 Å². The smallest absolute Gasteiger partial charge is 0.335 e. The van der Waals surface area contributed by atoms with Gasteiger partial charge in [-0.1, -0.05) is 13.0 Å². The Bertz CT molecular complexity index is 570. The SMILES string of the molecule is CCc1cc(C(=O)O)cc(NCc2ccccn2)n1. The lowest BCUT2D eigenvalue weighted by molar-refractivity contribution is 0.0696. The molecule has 2 aromatic rings. The summed E-state index contributed by atoms with van der Waals surface area (Å²) in [6, 6.07) is 8.78. The Balaban J connectivity index is 2.15. The van der Waals surface area contributed by atoms with Crippen molar-refractivity contribution in [1.29, 1.82) is 0 Å². The number of aromatic nitrogens is 2. The van der Waals surface area contributed by atoms with E-state index in [-0.39, 0.29) is 5.56 Å². The predicted octanol–water partition coefficient (Wildman–Crippen LogP) is 2.35. The Hall–Kier alpha value is -2.43. The van der Waals surface area contributed by atoms with Crippen LogP contribution in [0.25, 0.3) is 0 Å². The molecule has 0 aromatic carbocycles. The molecule has 0 fully saturated rings. The van der Waals surface area contributed by atoms with Crippen LogP contribution >= 0.6 is 0 Å². The van der Waals surface area contributed by atoms with Crippen LogP contribution in [0.15, 0.2) is 36.5 Å². The second kappa shape index (κ2) is 5.95. The van der Waals surface area contributed by atoms with Gasteiger partial charge in [-0.2, -0.15) is 0 Å². The molecule has 2 N–H and O–H groups in total. The van der Waals surface area contributed by atoms with Crippen LogP contribution in [-0.4, -0.2) is 21.0 Å². The summed E-state index contributed by atoms with van der Waals surface area (Å²) in [5.74, 6) is -0.389. The van der Waals surface area contributed by atoms with E-state index in [0.29, 0.717) is 18.8 Å². The fraction of sp³-hybridized carbons (Fsp3) is 0.214. The minimum Gasteiger partial charge on any atom is -0.478 e. The lowest BCUT2D eigenvalue weighted by Crippen LogP contribution is -2.07. The number of aromatic carboxylic acids is 1. The number of carboxylic acids is 1. The Morgan fingerprint density at radius 2 is 2.16 bits per heavy atom. The highest BCUT2D eigenvalue weighted by atomic mass is 16.4. The third kappa shape index (κ3) is 3.51. The molecular formula is C14H15N3O2. The number of carbonyl (C=O) groups is 1. The first-order valence-corrected chi connectivity index (χ1v) is 6.07. The Morgan fingerprint density at radius 3 is 2.79 bits per heavy atom. The summed E-state index contributed by atoms with van der Waals surface area (Å²) in [5.41, 5.74) is 1.88. The molecule has 0 aliphatic carbocycles. The molecule has 0 spiro atoms. The van der Waals surface area contributed by atoms with E-state index in [1.54, 1.807) is 12.3 Å². The van der Waals surface area contributed by atoms with Gasteiger partial charge in [0.15, 0.2) is 0 Å². The average Bonchev–Trinajstić information content (AvgIpc) is 2.45. The lowest BCUT2D eigenvalue weighted by Gasteiger charge is -2.08. The van der Waals surface area contributed by atoms with E-state index in [1.807, 2.05) is 25.1 Å². The summed E-state index contributed by atoms with van der Waals surface area (Å²) in [7, 11) is 0. The minimum atomic E-state index is -0.946. The second-order valence-corrected chi connectivity index (χ2v) is 4.07. The van der Waals surface area contributed by atoms with Crippen LogP contribution in [0.4, 0.5) is 5.82 Å². The van der Waals surface area contributed by atoms with E-state index >= 15 is 0 Å². The second-order valence-electron chi connectivity index (χ2n) is 4.07. The molecule has 2 rings (SSSR count). The Morgan fingerprint density at radius 1 is 1.32 bits per heavy atom. The zero-order valence-corrected chi connectivity index (χ0v) is 10.6. The van der Waals surface area contributed by atoms with Gasteiger partial charge in [-0.25, -0.2) is 9.78 Å². The first-order chi connectivity index (χ1) is 9.19. The molecule has 0 atom stereocenters. The van der Waals surface area contributed by atoms with Crippen molar-refractivity contribution in [2.24, 2.45) is 0 Å². The number of hydrogen-bond acceptors (Lipinski definition) is 4. The normalized spacial score (nSPS) is 10.2. The molecular weight excluding hydrogens is 242 g/mol. The van der Waals surface area contributed by atoms with E-state index in [1.165, 1.54) is 6.07 Å². The quantitative estimate of drug-likeness (QED) is 0.860. The summed E-state index contributed by atoms with van der Waals surface area (Å²) >= 11 is 0. The molecule has 0 radical (unpaired) electrons. The van der Waals surface area contributed by atoms with Crippen molar-refractivity contribution in [3.05, 3.63) is 53.5 Å². The largest absolute Gasteiger partial charge is 0.478 e. The van der Waals surface area contributed by atoms with Gasteiger partial charge >= 0.3 is 5.97 Å². The summed E-state index contributed by atoms with van der Waals surface area (Å²) in [6.45, 7) is 2.45. The van der Waals surface area contributed by atoms with E-state index in [9.17, 15) is 4.79 Å². The van der Waals surface area contributed by atoms with Crippen LogP contribution in [0.2, 0.25) is 0 Å². The standard InChI is InChI=1S/C14H15N3O2/c1-2-11-7-10(14(18)19)8-13(17-11)16-9-12-5-3-4-6-15-12/h3-8H,2,9H2,1H3,(H,16,17)(H,18,19). The van der Waals surface area contributed by atoms with Crippen molar-refractivity contribution in [3.8, 4) is 0 Å². The van der Waals surface area contributed by atoms with E-state index in [0.717, 1.165) is 11.4 Å². The van der Waals surface area contributed by atoms with E-state index in [2.05, 4.69) is 15.3 Å². The zero-order valence-electron chi connectivity index (χ0n) is 10.6. The number of nitrogens with zero attached hydrogens (tertiary/aromatic N) is 2. The average molecular weight is 257 g/mol. The van der Waals surface area contributed by atoms with Crippen molar-refractivity contribution < 1.29 is 9.90 Å². The molecule has 0 amide bonds. The first kappa shape index (κ1) is 13.0. The third-order valence-electron chi connectivity index (χ3n) is 2.66. The molecule has 0 saturated heterocycles. The molecule has 98 valence electrons. The maximum Gasteiger partial charge on any atom is 0.335 e. The van der Waals surface area contributed by atoms with Gasteiger partial charge in [-0.15, -0.1) is 0 Å². The van der Waals surface area contributed by atoms with Gasteiger partial charge < -0.3 is 10.4 Å². The van der Waals surface area contributed by atoms with Crippen LogP contribution in [0.1, 0.15) is 28.7 Å². The maximum atomic E-state index is 11.0. The highest BCUT2D eigenvalue weighted by Gasteiger charge is 2.07. The van der Waals surface area contributed by atoms with Crippen molar-refractivity contribution in [3.63, 3.8) is 0 Å². The lowest BCUT2D eigenvalue weighted by atomic mass is 10.2. The van der Waals surface area contributed by atoms with Crippen molar-refractivity contribution in [1.82, 2.24) is 9.97 Å². The van der Waals surface area contributed by atoms with Gasteiger partial charge in [0.1, 0.15) is 5.82 Å². The number of pyridine rings is 2. The first-order valence-electron chi connectivity index (χ1n) is 6.07. The number of nitrogens with one attached hydrogen (secondary N) is 1. The monoisotopic (exact) mass is 257 g/mol. The fourth-order valence-corrected chi connectivity index (χ4v) is 1.67. The van der Waals surface area contributed by atoms with Crippen LogP contribution < -0.4 is 5.32 Å². The molecule has 19 heavy (non-hydrogen) atoms. The topological polar surface area (TPSA) is 75.1 Å². The molecule has 0 saturated carbocycles. The fourth-order valence-electron chi connectivity index (χ4n) is 1.67. The minimum absolute atomic E-state index is 0.246. The van der Waals surface area contributed by atoms with E-state index in [4.69, 9.17) is 5.11 Å². The van der Waals surface area contributed by atoms with E-state index < -0.39 is 5.97 Å². The summed E-state index contributed by atoms with van der Waals surface area (Å²) in [4.78, 5) is 19.6. The summed E-state index contributed by atoms with van der Waals surface area (Å²) < 4.78 is 0. The third-order valence-corrected chi connectivity index (χ3v) is 2.66. The van der Waals surface area contributed by atoms with Gasteiger partial charge in [-0.3, -0.25) is 4.98 Å². The highest BCUT2D eigenvalue weighted by Crippen LogP contribution is 2.12. The number of carboxylic acid groups (broad SMARTS) is 1. The summed E-state index contributed by atoms with van der Waals surface area (Å²) in [5, 5.41) is 12.1. The van der Waals surface area contributed by atoms with Crippen LogP contribution in [-0.2, 0) is 13.0 Å². The number of anilines is 1.